The number of amides is 1. The first-order valence-electron chi connectivity index (χ1n) is 6.77. The zero-order valence-electron chi connectivity index (χ0n) is 11.3. The second-order valence-electron chi connectivity index (χ2n) is 4.95. The largest absolute Gasteiger partial charge is 0.481 e. The van der Waals surface area contributed by atoms with Crippen molar-refractivity contribution in [3.8, 4) is 0 Å². The van der Waals surface area contributed by atoms with E-state index in [9.17, 15) is 9.59 Å². The van der Waals surface area contributed by atoms with Crippen molar-refractivity contribution in [1.82, 2.24) is 10.3 Å². The Morgan fingerprint density at radius 3 is 3.00 bits per heavy atom. The number of carbonyl (C=O) groups is 2. The Balaban J connectivity index is 2.06. The molecule has 21 heavy (non-hydrogen) atoms. The molecule has 2 N–H and O–H groups in total. The molecular formula is C15H15N3O3. The Kier molecular flexibility index (Phi) is 3.43. The number of carbonyl (C=O) groups excluding carboxylic acids is 1. The third kappa shape index (κ3) is 2.52. The fraction of sp³-hybridized carbons (Fsp3) is 0.267. The average molecular weight is 285 g/mol. The van der Waals surface area contributed by atoms with Gasteiger partial charge in [0.2, 0.25) is 5.91 Å². The van der Waals surface area contributed by atoms with E-state index in [1.54, 1.807) is 6.20 Å². The predicted molar refractivity (Wildman–Crippen MR) is 78.1 cm³/mol. The minimum Gasteiger partial charge on any atom is -0.481 e. The normalized spacial score (nSPS) is 18.6. The SMILES string of the molecule is O=C(O)CC1C(=O)NCCN1c1ccnc2ccccc12. The van der Waals surface area contributed by atoms with Gasteiger partial charge in [0, 0.05) is 30.4 Å². The zero-order valence-corrected chi connectivity index (χ0v) is 11.3. The van der Waals surface area contributed by atoms with Crippen molar-refractivity contribution in [2.75, 3.05) is 18.0 Å². The van der Waals surface area contributed by atoms with Crippen LogP contribution >= 0.6 is 0 Å². The predicted octanol–water partition coefficient (Wildman–Crippen LogP) is 1.01. The lowest BCUT2D eigenvalue weighted by molar-refractivity contribution is -0.139. The highest BCUT2D eigenvalue weighted by molar-refractivity contribution is 5.96. The molecule has 1 aromatic heterocycles. The molecule has 0 spiro atoms. The van der Waals surface area contributed by atoms with Crippen LogP contribution in [0.2, 0.25) is 0 Å². The van der Waals surface area contributed by atoms with Gasteiger partial charge in [0.15, 0.2) is 0 Å². The number of carboxylic acids is 1. The monoisotopic (exact) mass is 285 g/mol. The van der Waals surface area contributed by atoms with Gasteiger partial charge < -0.3 is 15.3 Å². The topological polar surface area (TPSA) is 82.5 Å². The number of hydrogen-bond acceptors (Lipinski definition) is 4. The van der Waals surface area contributed by atoms with Crippen molar-refractivity contribution in [2.45, 2.75) is 12.5 Å². The molecule has 0 bridgehead atoms. The molecule has 1 unspecified atom stereocenters. The summed E-state index contributed by atoms with van der Waals surface area (Å²) >= 11 is 0. The summed E-state index contributed by atoms with van der Waals surface area (Å²) in [4.78, 5) is 29.2. The number of para-hydroxylation sites is 1. The summed E-state index contributed by atoms with van der Waals surface area (Å²) in [5.41, 5.74) is 1.68. The van der Waals surface area contributed by atoms with Crippen LogP contribution in [0.5, 0.6) is 0 Å². The number of rotatable bonds is 3. The summed E-state index contributed by atoms with van der Waals surface area (Å²) in [5.74, 6) is -1.23. The van der Waals surface area contributed by atoms with E-state index in [0.29, 0.717) is 13.1 Å². The highest BCUT2D eigenvalue weighted by atomic mass is 16.4. The van der Waals surface area contributed by atoms with Crippen molar-refractivity contribution in [1.29, 1.82) is 0 Å². The van der Waals surface area contributed by atoms with Crippen LogP contribution in [0.25, 0.3) is 10.9 Å². The summed E-state index contributed by atoms with van der Waals surface area (Å²) in [6.07, 6.45) is 1.46. The van der Waals surface area contributed by atoms with E-state index in [4.69, 9.17) is 5.11 Å². The van der Waals surface area contributed by atoms with Gasteiger partial charge in [-0.2, -0.15) is 0 Å². The van der Waals surface area contributed by atoms with Crippen LogP contribution < -0.4 is 10.2 Å². The van der Waals surface area contributed by atoms with Crippen LogP contribution in [-0.2, 0) is 9.59 Å². The van der Waals surface area contributed by atoms with E-state index in [2.05, 4.69) is 10.3 Å². The minimum absolute atomic E-state index is 0.220. The van der Waals surface area contributed by atoms with E-state index in [1.807, 2.05) is 35.2 Å². The molecule has 1 fully saturated rings. The summed E-state index contributed by atoms with van der Waals surface area (Å²) in [7, 11) is 0. The summed E-state index contributed by atoms with van der Waals surface area (Å²) in [5, 5.41) is 12.7. The number of nitrogens with one attached hydrogen (secondary N) is 1. The Morgan fingerprint density at radius 2 is 2.19 bits per heavy atom. The highest BCUT2D eigenvalue weighted by Gasteiger charge is 2.32. The van der Waals surface area contributed by atoms with Gasteiger partial charge in [0.25, 0.3) is 0 Å². The summed E-state index contributed by atoms with van der Waals surface area (Å²) in [6.45, 7) is 1.09. The maximum Gasteiger partial charge on any atom is 0.305 e. The molecule has 0 radical (unpaired) electrons. The molecule has 2 aromatic rings. The maximum absolute atomic E-state index is 12.0. The van der Waals surface area contributed by atoms with Gasteiger partial charge in [-0.15, -0.1) is 0 Å². The number of hydrogen-bond donors (Lipinski definition) is 2. The number of anilines is 1. The fourth-order valence-corrected chi connectivity index (χ4v) is 2.70. The minimum atomic E-state index is -0.986. The Labute approximate surface area is 121 Å². The van der Waals surface area contributed by atoms with Crippen LogP contribution in [0.3, 0.4) is 0 Å². The number of benzene rings is 1. The molecule has 1 aromatic carbocycles. The Bertz CT molecular complexity index is 696. The van der Waals surface area contributed by atoms with Gasteiger partial charge in [0.05, 0.1) is 11.9 Å². The van der Waals surface area contributed by atoms with E-state index in [-0.39, 0.29) is 12.3 Å². The number of pyridine rings is 1. The molecule has 108 valence electrons. The van der Waals surface area contributed by atoms with Gasteiger partial charge in [-0.25, -0.2) is 0 Å². The lowest BCUT2D eigenvalue weighted by atomic mass is 10.1. The van der Waals surface area contributed by atoms with Crippen LogP contribution in [0, 0.1) is 0 Å². The molecule has 1 saturated heterocycles. The molecule has 1 aliphatic rings. The van der Waals surface area contributed by atoms with Crippen molar-refractivity contribution >= 4 is 28.5 Å². The van der Waals surface area contributed by atoms with E-state index < -0.39 is 12.0 Å². The number of aromatic nitrogens is 1. The van der Waals surface area contributed by atoms with Crippen LogP contribution in [0.1, 0.15) is 6.42 Å². The lowest BCUT2D eigenvalue weighted by Crippen LogP contribution is -2.56. The number of aliphatic carboxylic acids is 1. The smallest absolute Gasteiger partial charge is 0.305 e. The van der Waals surface area contributed by atoms with Crippen molar-refractivity contribution in [3.63, 3.8) is 0 Å². The van der Waals surface area contributed by atoms with Gasteiger partial charge in [0.1, 0.15) is 6.04 Å². The molecule has 1 aliphatic heterocycles. The molecule has 0 saturated carbocycles. The first kappa shape index (κ1) is 13.4. The number of fused-ring (bicyclic) bond motifs is 1. The number of carboxylic acid groups (broad SMARTS) is 1. The van der Waals surface area contributed by atoms with E-state index >= 15 is 0 Å². The summed E-state index contributed by atoms with van der Waals surface area (Å²) < 4.78 is 0. The van der Waals surface area contributed by atoms with Crippen LogP contribution in [-0.4, -0.2) is 41.1 Å². The van der Waals surface area contributed by atoms with Gasteiger partial charge in [-0.1, -0.05) is 18.2 Å². The molecule has 3 rings (SSSR count). The highest BCUT2D eigenvalue weighted by Crippen LogP contribution is 2.28. The Hall–Kier alpha value is -2.63. The summed E-state index contributed by atoms with van der Waals surface area (Å²) in [6, 6.07) is 8.77. The molecule has 1 amide bonds. The zero-order chi connectivity index (χ0) is 14.8. The van der Waals surface area contributed by atoms with Crippen molar-refractivity contribution < 1.29 is 14.7 Å². The number of nitrogens with zero attached hydrogens (tertiary/aromatic N) is 2. The van der Waals surface area contributed by atoms with Gasteiger partial charge in [-0.05, 0) is 12.1 Å². The molecule has 2 heterocycles. The lowest BCUT2D eigenvalue weighted by Gasteiger charge is -2.36. The van der Waals surface area contributed by atoms with Gasteiger partial charge >= 0.3 is 5.97 Å². The third-order valence-corrected chi connectivity index (χ3v) is 3.63. The molecule has 6 heteroatoms. The first-order chi connectivity index (χ1) is 10.2. The second kappa shape index (κ2) is 5.40. The average Bonchev–Trinajstić information content (AvgIpc) is 2.48. The van der Waals surface area contributed by atoms with Crippen LogP contribution in [0.4, 0.5) is 5.69 Å². The Morgan fingerprint density at radius 1 is 1.38 bits per heavy atom. The van der Waals surface area contributed by atoms with E-state index in [0.717, 1.165) is 16.6 Å². The molecule has 1 atom stereocenters. The van der Waals surface area contributed by atoms with Crippen LogP contribution in [0.15, 0.2) is 36.5 Å². The second-order valence-corrected chi connectivity index (χ2v) is 4.95. The molecule has 0 aliphatic carbocycles. The first-order valence-corrected chi connectivity index (χ1v) is 6.77. The van der Waals surface area contributed by atoms with E-state index in [1.165, 1.54) is 0 Å². The van der Waals surface area contributed by atoms with Gasteiger partial charge in [-0.3, -0.25) is 14.6 Å². The maximum atomic E-state index is 12.0. The van der Waals surface area contributed by atoms with Crippen molar-refractivity contribution in [3.05, 3.63) is 36.5 Å². The quantitative estimate of drug-likeness (QED) is 0.879. The fourth-order valence-electron chi connectivity index (χ4n) is 2.70. The third-order valence-electron chi connectivity index (χ3n) is 3.63. The molecule has 6 nitrogen and oxygen atoms in total. The number of piperazine rings is 1. The van der Waals surface area contributed by atoms with Crippen molar-refractivity contribution in [2.24, 2.45) is 0 Å². The standard InChI is InChI=1S/C15H15N3O3/c19-14(20)9-13-15(21)17-7-8-18(13)12-5-6-16-11-4-2-1-3-10(11)12/h1-6,13H,7-9H2,(H,17,21)(H,19,20). The molecular weight excluding hydrogens is 270 g/mol.